The third-order valence-corrected chi connectivity index (χ3v) is 5.73. The molecule has 0 unspecified atom stereocenters. The maximum absolute atomic E-state index is 9.95. The van der Waals surface area contributed by atoms with Gasteiger partial charge < -0.3 is 9.04 Å². The fraction of sp³-hybridized carbons (Fsp3) is 1.00. The fourth-order valence-electron chi connectivity index (χ4n) is 3.17. The Kier molecular flexibility index (Phi) is 19.7. The van der Waals surface area contributed by atoms with Crippen LogP contribution in [0.2, 0.25) is 0 Å². The van der Waals surface area contributed by atoms with E-state index < -0.39 is 10.1 Å². The molecule has 0 aromatic heterocycles. The fourth-order valence-corrected chi connectivity index (χ4v) is 3.73. The summed E-state index contributed by atoms with van der Waals surface area (Å²) in [6.07, 6.45) is 13.3. The molecule has 0 amide bonds. The van der Waals surface area contributed by atoms with Gasteiger partial charge in [-0.25, -0.2) is 8.42 Å². The third kappa shape index (κ3) is 18.7. The first-order valence-electron chi connectivity index (χ1n) is 11.1. The Morgan fingerprint density at radius 2 is 0.885 bits per heavy atom. The largest absolute Gasteiger partial charge is 0.748 e. The lowest BCUT2D eigenvalue weighted by Gasteiger charge is -2.39. The van der Waals surface area contributed by atoms with Crippen molar-refractivity contribution in [2.24, 2.45) is 0 Å². The molecule has 0 saturated heterocycles. The van der Waals surface area contributed by atoms with Crippen molar-refractivity contribution in [2.45, 2.75) is 105 Å². The highest BCUT2D eigenvalue weighted by Gasteiger charge is 2.24. The average molecular weight is 394 g/mol. The molecule has 26 heavy (non-hydrogen) atoms. The lowest BCUT2D eigenvalue weighted by atomic mass is 10.1. The van der Waals surface area contributed by atoms with Crippen molar-refractivity contribution in [2.75, 3.05) is 31.9 Å². The van der Waals surface area contributed by atoms with Gasteiger partial charge in [0.25, 0.3) is 0 Å². The lowest BCUT2D eigenvalue weighted by molar-refractivity contribution is -0.929. The van der Waals surface area contributed by atoms with Crippen molar-refractivity contribution < 1.29 is 17.5 Å². The van der Waals surface area contributed by atoms with Crippen molar-refractivity contribution in [3.63, 3.8) is 0 Å². The predicted octanol–water partition coefficient (Wildman–Crippen LogP) is 5.73. The van der Waals surface area contributed by atoms with E-state index in [2.05, 4.69) is 27.7 Å². The van der Waals surface area contributed by atoms with Crippen LogP contribution in [0.3, 0.4) is 0 Å². The van der Waals surface area contributed by atoms with E-state index in [-0.39, 0.29) is 5.75 Å². The van der Waals surface area contributed by atoms with Gasteiger partial charge in [-0.05, 0) is 32.1 Å². The first-order valence-corrected chi connectivity index (χ1v) is 12.7. The van der Waals surface area contributed by atoms with Crippen molar-refractivity contribution in [3.05, 3.63) is 0 Å². The standard InChI is InChI=1S/C16H36N.C5H12O3S/c1-5-9-13-17(14-10-6-2,15-11-7-3)16-12-8-4;1-2-3-4-5-9(6,7)8/h5-16H2,1-4H3;2-5H2,1H3,(H,6,7,8)/q+1;/p-1. The average Bonchev–Trinajstić information content (AvgIpc) is 2.60. The van der Waals surface area contributed by atoms with Gasteiger partial charge in [0.15, 0.2) is 0 Å². The van der Waals surface area contributed by atoms with Crippen LogP contribution in [0.15, 0.2) is 0 Å². The summed E-state index contributed by atoms with van der Waals surface area (Å²) >= 11 is 0. The van der Waals surface area contributed by atoms with Crippen LogP contribution < -0.4 is 0 Å². The van der Waals surface area contributed by atoms with Crippen LogP contribution in [0.25, 0.3) is 0 Å². The minimum Gasteiger partial charge on any atom is -0.748 e. The Morgan fingerprint density at radius 3 is 1.12 bits per heavy atom. The van der Waals surface area contributed by atoms with E-state index in [1.54, 1.807) is 0 Å². The van der Waals surface area contributed by atoms with Gasteiger partial charge in [0, 0.05) is 5.75 Å². The molecular formula is C21H47NO3S. The Hall–Kier alpha value is -0.130. The summed E-state index contributed by atoms with van der Waals surface area (Å²) in [4.78, 5) is 0. The zero-order chi connectivity index (χ0) is 20.3. The number of nitrogens with zero attached hydrogens (tertiary/aromatic N) is 1. The zero-order valence-electron chi connectivity index (χ0n) is 18.4. The quantitative estimate of drug-likeness (QED) is 0.191. The van der Waals surface area contributed by atoms with Crippen molar-refractivity contribution >= 4 is 10.1 Å². The molecule has 0 aliphatic heterocycles. The SMILES string of the molecule is CCCCCS(=O)(=O)[O-].CCCC[N+](CCCC)(CCCC)CCCC. The summed E-state index contributed by atoms with van der Waals surface area (Å²) in [6, 6.07) is 0. The summed E-state index contributed by atoms with van der Waals surface area (Å²) in [5.74, 6) is -0.208. The molecule has 0 radical (unpaired) electrons. The van der Waals surface area contributed by atoms with Gasteiger partial charge in [0.05, 0.1) is 36.3 Å². The van der Waals surface area contributed by atoms with E-state index in [0.717, 1.165) is 12.8 Å². The van der Waals surface area contributed by atoms with E-state index in [9.17, 15) is 13.0 Å². The van der Waals surface area contributed by atoms with Crippen molar-refractivity contribution in [1.29, 1.82) is 0 Å². The second-order valence-corrected chi connectivity index (χ2v) is 9.14. The molecule has 160 valence electrons. The molecule has 0 N–H and O–H groups in total. The molecule has 0 spiro atoms. The molecule has 0 fully saturated rings. The molecule has 0 heterocycles. The first kappa shape index (κ1) is 28.1. The van der Waals surface area contributed by atoms with Crippen LogP contribution in [0.1, 0.15) is 105 Å². The zero-order valence-corrected chi connectivity index (χ0v) is 19.2. The highest BCUT2D eigenvalue weighted by atomic mass is 32.2. The van der Waals surface area contributed by atoms with Crippen molar-refractivity contribution in [3.8, 4) is 0 Å². The molecule has 0 rings (SSSR count). The Balaban J connectivity index is 0. The summed E-state index contributed by atoms with van der Waals surface area (Å²) in [7, 11) is -3.95. The molecule has 0 aromatic rings. The minimum absolute atomic E-state index is 0.208. The molecule has 5 heteroatoms. The van der Waals surface area contributed by atoms with Gasteiger partial charge >= 0.3 is 0 Å². The van der Waals surface area contributed by atoms with Crippen LogP contribution in [-0.4, -0.2) is 49.4 Å². The van der Waals surface area contributed by atoms with Crippen LogP contribution in [-0.2, 0) is 10.1 Å². The molecular weight excluding hydrogens is 346 g/mol. The number of rotatable bonds is 16. The Bertz CT molecular complexity index is 345. The van der Waals surface area contributed by atoms with Crippen LogP contribution in [0.5, 0.6) is 0 Å². The summed E-state index contributed by atoms with van der Waals surface area (Å²) in [5.41, 5.74) is 0. The molecule has 0 aromatic carbocycles. The Labute approximate surface area is 165 Å². The van der Waals surface area contributed by atoms with E-state index in [1.165, 1.54) is 82.0 Å². The maximum Gasteiger partial charge on any atom is 0.0945 e. The van der Waals surface area contributed by atoms with E-state index in [0.29, 0.717) is 6.42 Å². The molecule has 4 nitrogen and oxygen atoms in total. The molecule has 0 bridgehead atoms. The first-order chi connectivity index (χ1) is 12.3. The number of hydrogen-bond acceptors (Lipinski definition) is 3. The maximum atomic E-state index is 9.95. The third-order valence-electron chi connectivity index (χ3n) is 4.94. The van der Waals surface area contributed by atoms with Gasteiger partial charge in [0.1, 0.15) is 0 Å². The summed E-state index contributed by atoms with van der Waals surface area (Å²) < 4.78 is 31.3. The van der Waals surface area contributed by atoms with Gasteiger partial charge in [-0.1, -0.05) is 73.1 Å². The van der Waals surface area contributed by atoms with E-state index in [1.807, 2.05) is 6.92 Å². The highest BCUT2D eigenvalue weighted by molar-refractivity contribution is 7.85. The molecule has 0 atom stereocenters. The lowest BCUT2D eigenvalue weighted by Crippen LogP contribution is -2.50. The van der Waals surface area contributed by atoms with E-state index in [4.69, 9.17) is 0 Å². The van der Waals surface area contributed by atoms with Crippen LogP contribution in [0.4, 0.5) is 0 Å². The van der Waals surface area contributed by atoms with Gasteiger partial charge in [-0.15, -0.1) is 0 Å². The normalized spacial score (nSPS) is 11.9. The number of unbranched alkanes of at least 4 members (excludes halogenated alkanes) is 6. The van der Waals surface area contributed by atoms with E-state index >= 15 is 0 Å². The minimum atomic E-state index is -3.95. The highest BCUT2D eigenvalue weighted by Crippen LogP contribution is 2.16. The van der Waals surface area contributed by atoms with Gasteiger partial charge in [-0.2, -0.15) is 0 Å². The van der Waals surface area contributed by atoms with Gasteiger partial charge in [-0.3, -0.25) is 0 Å². The number of hydrogen-bond donors (Lipinski definition) is 0. The van der Waals surface area contributed by atoms with Crippen molar-refractivity contribution in [1.82, 2.24) is 0 Å². The molecule has 0 aliphatic carbocycles. The smallest absolute Gasteiger partial charge is 0.0945 e. The Morgan fingerprint density at radius 1 is 0.577 bits per heavy atom. The van der Waals surface area contributed by atoms with Crippen LogP contribution >= 0.6 is 0 Å². The number of quaternary nitrogens is 1. The second kappa shape index (κ2) is 18.2. The van der Waals surface area contributed by atoms with Crippen LogP contribution in [0, 0.1) is 0 Å². The second-order valence-electron chi connectivity index (χ2n) is 7.62. The monoisotopic (exact) mass is 393 g/mol. The molecule has 0 saturated carbocycles. The predicted molar refractivity (Wildman–Crippen MR) is 113 cm³/mol. The topological polar surface area (TPSA) is 57.2 Å². The summed E-state index contributed by atoms with van der Waals surface area (Å²) in [6.45, 7) is 17.0. The van der Waals surface area contributed by atoms with Gasteiger partial charge in [0.2, 0.25) is 0 Å². The summed E-state index contributed by atoms with van der Waals surface area (Å²) in [5, 5.41) is 0. The molecule has 0 aliphatic rings.